The predicted molar refractivity (Wildman–Crippen MR) is 85.7 cm³/mol. The Balaban J connectivity index is 1.86. The van der Waals surface area contributed by atoms with Crippen molar-refractivity contribution in [1.82, 2.24) is 5.32 Å². The van der Waals surface area contributed by atoms with Crippen LogP contribution in [0.2, 0.25) is 0 Å². The summed E-state index contributed by atoms with van der Waals surface area (Å²) in [5.41, 5.74) is 3.39. The average molecular weight is 289 g/mol. The molecule has 21 heavy (non-hydrogen) atoms. The first-order chi connectivity index (χ1) is 9.97. The molecule has 0 radical (unpaired) electrons. The number of carbonyl (C=O) groups excluding carboxylic acids is 1. The highest BCUT2D eigenvalue weighted by atomic mass is 16.5. The lowest BCUT2D eigenvalue weighted by Gasteiger charge is -2.27. The molecule has 1 aromatic carbocycles. The fraction of sp³-hybridized carbons (Fsp3) is 0.611. The third-order valence-corrected chi connectivity index (χ3v) is 4.60. The van der Waals surface area contributed by atoms with E-state index in [2.05, 4.69) is 25.2 Å². The van der Waals surface area contributed by atoms with E-state index in [0.717, 1.165) is 35.6 Å². The Labute approximate surface area is 128 Å². The second-order valence-corrected chi connectivity index (χ2v) is 6.47. The van der Waals surface area contributed by atoms with Crippen LogP contribution < -0.4 is 10.1 Å². The van der Waals surface area contributed by atoms with Crippen molar-refractivity contribution < 1.29 is 9.53 Å². The molecule has 116 valence electrons. The summed E-state index contributed by atoms with van der Waals surface area (Å²) < 4.78 is 5.76. The van der Waals surface area contributed by atoms with Crippen molar-refractivity contribution in [1.29, 1.82) is 0 Å². The lowest BCUT2D eigenvalue weighted by molar-refractivity contribution is -0.124. The van der Waals surface area contributed by atoms with Crippen LogP contribution >= 0.6 is 0 Å². The summed E-state index contributed by atoms with van der Waals surface area (Å²) in [6.07, 6.45) is 4.61. The van der Waals surface area contributed by atoms with Gasteiger partial charge in [-0.3, -0.25) is 4.79 Å². The summed E-state index contributed by atoms with van der Waals surface area (Å²) in [7, 11) is 0. The lowest BCUT2D eigenvalue weighted by atomic mass is 9.87. The van der Waals surface area contributed by atoms with E-state index < -0.39 is 0 Å². The summed E-state index contributed by atoms with van der Waals surface area (Å²) in [5.74, 6) is 1.64. The van der Waals surface area contributed by atoms with Gasteiger partial charge in [0.05, 0.1) is 0 Å². The molecule has 0 bridgehead atoms. The third-order valence-electron chi connectivity index (χ3n) is 4.60. The van der Waals surface area contributed by atoms with Gasteiger partial charge in [-0.15, -0.1) is 0 Å². The Morgan fingerprint density at radius 1 is 1.14 bits per heavy atom. The van der Waals surface area contributed by atoms with Gasteiger partial charge in [-0.1, -0.05) is 19.1 Å². The minimum absolute atomic E-state index is 0.00476. The van der Waals surface area contributed by atoms with E-state index in [9.17, 15) is 4.79 Å². The molecule has 1 amide bonds. The van der Waals surface area contributed by atoms with E-state index >= 15 is 0 Å². The monoisotopic (exact) mass is 289 g/mol. The van der Waals surface area contributed by atoms with Crippen LogP contribution in [0.1, 0.15) is 49.3 Å². The summed E-state index contributed by atoms with van der Waals surface area (Å²) in [6.45, 7) is 8.51. The van der Waals surface area contributed by atoms with Gasteiger partial charge in [-0.05, 0) is 69.1 Å². The molecule has 1 fully saturated rings. The van der Waals surface area contributed by atoms with Crippen LogP contribution in [0.5, 0.6) is 5.75 Å². The second kappa shape index (κ2) is 6.97. The average Bonchev–Trinajstić information content (AvgIpc) is 2.45. The maximum Gasteiger partial charge on any atom is 0.258 e. The molecule has 0 spiro atoms. The molecule has 3 heteroatoms. The van der Waals surface area contributed by atoms with Gasteiger partial charge in [0, 0.05) is 6.04 Å². The standard InChI is InChI=1S/C18H27NO2/c1-12-5-9-16(10-6-12)19-17(20)11-21-18-14(3)8-7-13(2)15(18)4/h7-8,12,16H,5-6,9-11H2,1-4H3,(H,19,20). The first-order valence-corrected chi connectivity index (χ1v) is 7.96. The Bertz CT molecular complexity index is 502. The molecule has 0 aliphatic heterocycles. The van der Waals surface area contributed by atoms with Crippen molar-refractivity contribution in [3.63, 3.8) is 0 Å². The number of carbonyl (C=O) groups is 1. The van der Waals surface area contributed by atoms with Crippen molar-refractivity contribution >= 4 is 5.91 Å². The zero-order valence-electron chi connectivity index (χ0n) is 13.7. The molecule has 1 saturated carbocycles. The molecule has 1 N–H and O–H groups in total. The molecular weight excluding hydrogens is 262 g/mol. The van der Waals surface area contributed by atoms with E-state index in [1.54, 1.807) is 0 Å². The van der Waals surface area contributed by atoms with Crippen LogP contribution in [0.4, 0.5) is 0 Å². The Morgan fingerprint density at radius 3 is 2.43 bits per heavy atom. The highest BCUT2D eigenvalue weighted by Crippen LogP contribution is 2.26. The van der Waals surface area contributed by atoms with Crippen molar-refractivity contribution in [3.05, 3.63) is 28.8 Å². The van der Waals surface area contributed by atoms with Crippen LogP contribution in [0.15, 0.2) is 12.1 Å². The summed E-state index contributed by atoms with van der Waals surface area (Å²) in [6, 6.07) is 4.45. The number of amides is 1. The SMILES string of the molecule is Cc1ccc(C)c(OCC(=O)NC2CCC(C)CC2)c1C. The van der Waals surface area contributed by atoms with Crippen LogP contribution in [0.25, 0.3) is 0 Å². The molecule has 0 aromatic heterocycles. The first kappa shape index (κ1) is 15.9. The molecule has 0 atom stereocenters. The molecule has 0 unspecified atom stereocenters. The minimum atomic E-state index is -0.00476. The Morgan fingerprint density at radius 2 is 1.76 bits per heavy atom. The Hall–Kier alpha value is -1.51. The highest BCUT2D eigenvalue weighted by Gasteiger charge is 2.20. The number of benzene rings is 1. The summed E-state index contributed by atoms with van der Waals surface area (Å²) in [5, 5.41) is 3.10. The number of hydrogen-bond acceptors (Lipinski definition) is 2. The zero-order chi connectivity index (χ0) is 15.4. The molecular formula is C18H27NO2. The van der Waals surface area contributed by atoms with Gasteiger partial charge in [0.2, 0.25) is 0 Å². The second-order valence-electron chi connectivity index (χ2n) is 6.47. The van der Waals surface area contributed by atoms with E-state index in [1.165, 1.54) is 18.4 Å². The topological polar surface area (TPSA) is 38.3 Å². The highest BCUT2D eigenvalue weighted by molar-refractivity contribution is 5.78. The van der Waals surface area contributed by atoms with Crippen LogP contribution in [0, 0.1) is 26.7 Å². The maximum atomic E-state index is 12.0. The molecule has 1 aromatic rings. The van der Waals surface area contributed by atoms with Gasteiger partial charge in [0.25, 0.3) is 5.91 Å². The molecule has 2 rings (SSSR count). The zero-order valence-corrected chi connectivity index (χ0v) is 13.7. The van der Waals surface area contributed by atoms with Gasteiger partial charge in [0.1, 0.15) is 5.75 Å². The third kappa shape index (κ3) is 4.23. The van der Waals surface area contributed by atoms with Crippen molar-refractivity contribution in [2.24, 2.45) is 5.92 Å². The number of ether oxygens (including phenoxy) is 1. The number of rotatable bonds is 4. The number of hydrogen-bond donors (Lipinski definition) is 1. The Kier molecular flexibility index (Phi) is 5.27. The predicted octanol–water partition coefficient (Wildman–Crippen LogP) is 3.69. The molecule has 1 aliphatic carbocycles. The van der Waals surface area contributed by atoms with E-state index in [-0.39, 0.29) is 12.5 Å². The van der Waals surface area contributed by atoms with Crippen molar-refractivity contribution in [2.45, 2.75) is 59.4 Å². The maximum absolute atomic E-state index is 12.0. The van der Waals surface area contributed by atoms with Gasteiger partial charge in [0.15, 0.2) is 6.61 Å². The quantitative estimate of drug-likeness (QED) is 0.918. The largest absolute Gasteiger partial charge is 0.483 e. The first-order valence-electron chi connectivity index (χ1n) is 7.96. The molecule has 3 nitrogen and oxygen atoms in total. The van der Waals surface area contributed by atoms with Crippen molar-refractivity contribution in [3.8, 4) is 5.75 Å². The van der Waals surface area contributed by atoms with Gasteiger partial charge < -0.3 is 10.1 Å². The number of aryl methyl sites for hydroxylation is 2. The summed E-state index contributed by atoms with van der Waals surface area (Å²) >= 11 is 0. The van der Waals surface area contributed by atoms with Gasteiger partial charge >= 0.3 is 0 Å². The molecule has 0 heterocycles. The smallest absolute Gasteiger partial charge is 0.258 e. The fourth-order valence-electron chi connectivity index (χ4n) is 2.96. The van der Waals surface area contributed by atoms with Gasteiger partial charge in [-0.25, -0.2) is 0 Å². The van der Waals surface area contributed by atoms with Gasteiger partial charge in [-0.2, -0.15) is 0 Å². The van der Waals surface area contributed by atoms with Crippen LogP contribution in [0.3, 0.4) is 0 Å². The van der Waals surface area contributed by atoms with Crippen LogP contribution in [-0.2, 0) is 4.79 Å². The van der Waals surface area contributed by atoms with E-state index in [1.807, 2.05) is 19.9 Å². The normalized spacial score (nSPS) is 21.9. The minimum Gasteiger partial charge on any atom is -0.483 e. The number of nitrogens with one attached hydrogen (secondary N) is 1. The molecule has 1 aliphatic rings. The van der Waals surface area contributed by atoms with Crippen molar-refractivity contribution in [2.75, 3.05) is 6.61 Å². The van der Waals surface area contributed by atoms with E-state index in [4.69, 9.17) is 4.74 Å². The lowest BCUT2D eigenvalue weighted by Crippen LogP contribution is -2.39. The fourth-order valence-corrected chi connectivity index (χ4v) is 2.96. The van der Waals surface area contributed by atoms with E-state index in [0.29, 0.717) is 6.04 Å². The summed E-state index contributed by atoms with van der Waals surface area (Å²) in [4.78, 5) is 12.0. The van der Waals surface area contributed by atoms with Crippen LogP contribution in [-0.4, -0.2) is 18.6 Å². The molecule has 0 saturated heterocycles.